The molecule has 4 rings (SSSR count). The van der Waals surface area contributed by atoms with Crippen molar-refractivity contribution in [3.8, 4) is 5.75 Å². The number of anilines is 2. The van der Waals surface area contributed by atoms with E-state index in [0.29, 0.717) is 27.4 Å². The molecule has 0 unspecified atom stereocenters. The number of amides is 1. The van der Waals surface area contributed by atoms with E-state index in [2.05, 4.69) is 36.2 Å². The number of pyridine rings is 1. The average molecular weight is 468 g/mol. The van der Waals surface area contributed by atoms with Crippen LogP contribution < -0.4 is 15.8 Å². The van der Waals surface area contributed by atoms with Crippen molar-refractivity contribution in [2.24, 2.45) is 5.73 Å². The van der Waals surface area contributed by atoms with Crippen molar-refractivity contribution in [3.63, 3.8) is 0 Å². The maximum Gasteiger partial charge on any atom is 0.267 e. The maximum absolute atomic E-state index is 13.7. The van der Waals surface area contributed by atoms with Crippen molar-refractivity contribution in [2.45, 2.75) is 6.61 Å². The number of nitrogens with zero attached hydrogens (tertiary/aromatic N) is 3. The molecule has 0 fully saturated rings. The van der Waals surface area contributed by atoms with Gasteiger partial charge in [0.2, 0.25) is 5.95 Å². The molecule has 0 saturated carbocycles. The number of aromatic nitrogens is 3. The third kappa shape index (κ3) is 4.52. The summed E-state index contributed by atoms with van der Waals surface area (Å²) < 4.78 is 19.8. The van der Waals surface area contributed by atoms with E-state index < -0.39 is 5.91 Å². The molecule has 9 heteroatoms. The first kappa shape index (κ1) is 19.7. The summed E-state index contributed by atoms with van der Waals surface area (Å²) >= 11 is 3.12. The molecular weight excluding hydrogens is 453 g/mol. The van der Waals surface area contributed by atoms with Gasteiger partial charge in [0, 0.05) is 23.5 Å². The van der Waals surface area contributed by atoms with Gasteiger partial charge in [-0.3, -0.25) is 9.78 Å². The quantitative estimate of drug-likeness (QED) is 0.436. The number of hydrogen-bond acceptors (Lipinski definition) is 6. The maximum atomic E-state index is 13.7. The van der Waals surface area contributed by atoms with Gasteiger partial charge in [-0.1, -0.05) is 0 Å². The molecule has 0 atom stereocenters. The summed E-state index contributed by atoms with van der Waals surface area (Å²) in [6.45, 7) is 0.254. The Bertz CT molecular complexity index is 1250. The van der Waals surface area contributed by atoms with Gasteiger partial charge in [0.05, 0.1) is 9.99 Å². The highest BCUT2D eigenvalue weighted by Crippen LogP contribution is 2.24. The number of hydrogen-bond donors (Lipinski definition) is 2. The van der Waals surface area contributed by atoms with Gasteiger partial charge in [-0.15, -0.1) is 0 Å². The number of carbonyl (C=O) groups excluding carboxylic acids is 1. The first-order valence-electron chi connectivity index (χ1n) is 8.84. The van der Waals surface area contributed by atoms with Crippen LogP contribution >= 0.6 is 15.9 Å². The van der Waals surface area contributed by atoms with Crippen molar-refractivity contribution in [2.75, 3.05) is 5.32 Å². The minimum Gasteiger partial charge on any atom is -0.489 e. The van der Waals surface area contributed by atoms with E-state index in [9.17, 15) is 9.18 Å². The molecule has 7 nitrogen and oxygen atoms in total. The smallest absolute Gasteiger partial charge is 0.267 e. The molecule has 0 aliphatic heterocycles. The molecule has 1 amide bonds. The van der Waals surface area contributed by atoms with Gasteiger partial charge < -0.3 is 15.8 Å². The first-order chi connectivity index (χ1) is 14.5. The summed E-state index contributed by atoms with van der Waals surface area (Å²) in [4.78, 5) is 23.8. The van der Waals surface area contributed by atoms with E-state index in [-0.39, 0.29) is 18.1 Å². The summed E-state index contributed by atoms with van der Waals surface area (Å²) in [5.41, 5.74) is 7.46. The van der Waals surface area contributed by atoms with Gasteiger partial charge in [0.25, 0.3) is 5.91 Å². The number of fused-ring (bicyclic) bond motifs is 1. The van der Waals surface area contributed by atoms with E-state index in [1.54, 1.807) is 42.6 Å². The molecule has 3 N–H and O–H groups in total. The third-order valence-corrected chi connectivity index (χ3v) is 4.85. The minimum atomic E-state index is -0.588. The Kier molecular flexibility index (Phi) is 5.53. The summed E-state index contributed by atoms with van der Waals surface area (Å²) in [6.07, 6.45) is 3.17. The summed E-state index contributed by atoms with van der Waals surface area (Å²) in [6, 6.07) is 13.4. The lowest BCUT2D eigenvalue weighted by Crippen LogP contribution is -2.13. The van der Waals surface area contributed by atoms with Crippen molar-refractivity contribution in [1.82, 2.24) is 15.0 Å². The zero-order valence-corrected chi connectivity index (χ0v) is 17.1. The van der Waals surface area contributed by atoms with Crippen LogP contribution in [0.1, 0.15) is 16.1 Å². The average Bonchev–Trinajstić information content (AvgIpc) is 2.75. The number of benzene rings is 2. The second kappa shape index (κ2) is 8.42. The summed E-state index contributed by atoms with van der Waals surface area (Å²) in [5, 5.41) is 3.77. The minimum absolute atomic E-state index is 0.189. The Hall–Kier alpha value is -3.59. The van der Waals surface area contributed by atoms with Crippen LogP contribution in [0, 0.1) is 5.82 Å². The Morgan fingerprint density at radius 3 is 2.80 bits per heavy atom. The van der Waals surface area contributed by atoms with Gasteiger partial charge in [0.15, 0.2) is 0 Å². The number of nitrogens with two attached hydrogens (primary N) is 1. The molecule has 0 radical (unpaired) electrons. The Labute approximate surface area is 179 Å². The fourth-order valence-electron chi connectivity index (χ4n) is 2.73. The normalized spacial score (nSPS) is 10.7. The van der Waals surface area contributed by atoms with Gasteiger partial charge >= 0.3 is 0 Å². The summed E-state index contributed by atoms with van der Waals surface area (Å²) in [5.74, 6) is 0.0163. The summed E-state index contributed by atoms with van der Waals surface area (Å²) in [7, 11) is 0. The molecule has 0 aliphatic carbocycles. The number of carbonyl (C=O) groups is 1. The van der Waals surface area contributed by atoms with E-state index in [1.807, 2.05) is 6.07 Å². The largest absolute Gasteiger partial charge is 0.489 e. The van der Waals surface area contributed by atoms with Gasteiger partial charge in [-0.05, 0) is 70.0 Å². The molecule has 2 heterocycles. The molecule has 4 aromatic rings. The Morgan fingerprint density at radius 1 is 1.13 bits per heavy atom. The van der Waals surface area contributed by atoms with E-state index in [1.165, 1.54) is 12.3 Å². The second-order valence-electron chi connectivity index (χ2n) is 6.37. The van der Waals surface area contributed by atoms with Gasteiger partial charge in [-0.25, -0.2) is 14.4 Å². The van der Waals surface area contributed by atoms with Crippen LogP contribution in [0.5, 0.6) is 5.75 Å². The number of rotatable bonds is 6. The predicted molar refractivity (Wildman–Crippen MR) is 114 cm³/mol. The number of nitrogens with one attached hydrogen (secondary N) is 1. The highest BCUT2D eigenvalue weighted by Gasteiger charge is 2.07. The van der Waals surface area contributed by atoms with Crippen molar-refractivity contribution in [3.05, 3.63) is 82.5 Å². The standard InChI is InChI=1S/C21H15BrFN5O2/c22-16-3-1-14(9-17(16)23)27-21-26-10-13-8-15(2-4-18(13)28-21)30-11-12-5-6-25-19(7-12)20(24)29/h1-10H,11H2,(H2,24,29)(H,26,27,28). The fraction of sp³-hybridized carbons (Fsp3) is 0.0476. The van der Waals surface area contributed by atoms with Gasteiger partial charge in [0.1, 0.15) is 23.9 Å². The molecular formula is C21H15BrFN5O2. The highest BCUT2D eigenvalue weighted by molar-refractivity contribution is 9.10. The molecule has 150 valence electrons. The van der Waals surface area contributed by atoms with Crippen LogP contribution in [0.4, 0.5) is 16.0 Å². The second-order valence-corrected chi connectivity index (χ2v) is 7.22. The molecule has 2 aromatic carbocycles. The van der Waals surface area contributed by atoms with Crippen LogP contribution in [0.25, 0.3) is 10.9 Å². The van der Waals surface area contributed by atoms with Gasteiger partial charge in [-0.2, -0.15) is 0 Å². The van der Waals surface area contributed by atoms with Crippen molar-refractivity contribution in [1.29, 1.82) is 0 Å². The zero-order chi connectivity index (χ0) is 21.1. The lowest BCUT2D eigenvalue weighted by atomic mass is 10.2. The molecule has 0 bridgehead atoms. The number of ether oxygens (including phenoxy) is 1. The lowest BCUT2D eigenvalue weighted by Gasteiger charge is -2.09. The molecule has 30 heavy (non-hydrogen) atoms. The SMILES string of the molecule is NC(=O)c1cc(COc2ccc3nc(Nc4ccc(Br)c(F)c4)ncc3c2)ccn1. The van der Waals surface area contributed by atoms with Crippen molar-refractivity contribution < 1.29 is 13.9 Å². The predicted octanol–water partition coefficient (Wildman–Crippen LogP) is 4.35. The molecule has 0 aliphatic rings. The van der Waals surface area contributed by atoms with E-state index in [4.69, 9.17) is 10.5 Å². The topological polar surface area (TPSA) is 103 Å². The highest BCUT2D eigenvalue weighted by atomic mass is 79.9. The zero-order valence-electron chi connectivity index (χ0n) is 15.5. The molecule has 0 spiro atoms. The van der Waals surface area contributed by atoms with E-state index >= 15 is 0 Å². The van der Waals surface area contributed by atoms with Crippen molar-refractivity contribution >= 4 is 44.4 Å². The number of primary amides is 1. The Balaban J connectivity index is 1.48. The van der Waals surface area contributed by atoms with Crippen LogP contribution in [0.3, 0.4) is 0 Å². The van der Waals surface area contributed by atoms with E-state index in [0.717, 1.165) is 10.9 Å². The molecule has 0 saturated heterocycles. The molecule has 2 aromatic heterocycles. The van der Waals surface area contributed by atoms with Crippen LogP contribution in [-0.4, -0.2) is 20.9 Å². The van der Waals surface area contributed by atoms with Crippen LogP contribution in [0.2, 0.25) is 0 Å². The monoisotopic (exact) mass is 467 g/mol. The lowest BCUT2D eigenvalue weighted by molar-refractivity contribution is 0.0995. The Morgan fingerprint density at radius 2 is 2.00 bits per heavy atom. The fourth-order valence-corrected chi connectivity index (χ4v) is 2.98. The first-order valence-corrected chi connectivity index (χ1v) is 9.64. The number of halogens is 2. The van der Waals surface area contributed by atoms with Crippen LogP contribution in [0.15, 0.2) is 65.4 Å². The van der Waals surface area contributed by atoms with Crippen LogP contribution in [-0.2, 0) is 6.61 Å². The third-order valence-electron chi connectivity index (χ3n) is 4.21.